The smallest absolute Gasteiger partial charge is 0.222 e. The molecule has 0 fully saturated rings. The summed E-state index contributed by atoms with van der Waals surface area (Å²) in [7, 11) is 0. The number of nitrogens with zero attached hydrogens (tertiary/aromatic N) is 5. The average Bonchev–Trinajstić information content (AvgIpc) is 3.17. The van der Waals surface area contributed by atoms with E-state index in [4.69, 9.17) is 16.6 Å². The van der Waals surface area contributed by atoms with E-state index in [1.54, 1.807) is 12.4 Å². The van der Waals surface area contributed by atoms with E-state index in [0.29, 0.717) is 17.4 Å². The molecule has 1 amide bonds. The van der Waals surface area contributed by atoms with Gasteiger partial charge in [-0.05, 0) is 61.4 Å². The molecule has 1 atom stereocenters. The Morgan fingerprint density at radius 3 is 2.47 bits per heavy atom. The molecule has 2 aromatic heterocycles. The molecule has 8 heteroatoms. The number of aliphatic imine (C=N–C) groups is 1. The highest BCUT2D eigenvalue weighted by atomic mass is 35.5. The molecule has 1 N–H and O–H groups in total. The summed E-state index contributed by atoms with van der Waals surface area (Å²) in [6, 6.07) is 17.3. The zero-order valence-corrected chi connectivity index (χ0v) is 19.6. The molecule has 3 heterocycles. The number of aryl methyl sites for hydroxylation is 1. The van der Waals surface area contributed by atoms with Crippen LogP contribution in [0.25, 0.3) is 16.8 Å². The van der Waals surface area contributed by atoms with Gasteiger partial charge < -0.3 is 5.32 Å². The van der Waals surface area contributed by atoms with Crippen LogP contribution in [0.2, 0.25) is 5.02 Å². The minimum absolute atomic E-state index is 0.0812. The standard InChI is InChI=1S/C26H23ClN6O/c1-3-29-24(34)15-22-26-32-31-16(2)33(26)23-9-6-19(17-10-12-28-13-11-17)14-21(23)25(30-22)18-4-7-20(27)8-5-18/h4-14,22H,3,15H2,1-2H3,(H,29,34). The number of aromatic nitrogens is 4. The van der Waals surface area contributed by atoms with Crippen LogP contribution in [-0.2, 0) is 4.79 Å². The second-order valence-corrected chi connectivity index (χ2v) is 8.50. The second kappa shape index (κ2) is 9.19. The van der Waals surface area contributed by atoms with Gasteiger partial charge in [0.25, 0.3) is 0 Å². The van der Waals surface area contributed by atoms with Gasteiger partial charge in [0, 0.05) is 35.1 Å². The van der Waals surface area contributed by atoms with Crippen LogP contribution in [0.1, 0.15) is 42.2 Å². The molecule has 1 aliphatic rings. The summed E-state index contributed by atoms with van der Waals surface area (Å²) < 4.78 is 2.00. The number of benzene rings is 2. The molecule has 0 aliphatic carbocycles. The molecule has 0 radical (unpaired) electrons. The molecule has 4 aromatic rings. The maximum atomic E-state index is 12.6. The third-order valence-electron chi connectivity index (χ3n) is 5.81. The SMILES string of the molecule is CCNC(=O)CC1N=C(c2ccc(Cl)cc2)c2cc(-c3ccncc3)ccc2-n2c(C)nnc21. The molecule has 5 rings (SSSR count). The molecule has 7 nitrogen and oxygen atoms in total. The molecule has 0 saturated heterocycles. The normalized spacial score (nSPS) is 14.6. The van der Waals surface area contributed by atoms with Gasteiger partial charge in [0.15, 0.2) is 5.82 Å². The van der Waals surface area contributed by atoms with Crippen LogP contribution >= 0.6 is 11.6 Å². The average molecular weight is 471 g/mol. The second-order valence-electron chi connectivity index (χ2n) is 8.07. The van der Waals surface area contributed by atoms with Crippen molar-refractivity contribution in [3.8, 4) is 16.8 Å². The number of rotatable bonds is 5. The molecule has 1 unspecified atom stereocenters. The van der Waals surface area contributed by atoms with Crippen molar-refractivity contribution in [3.05, 3.63) is 94.8 Å². The van der Waals surface area contributed by atoms with E-state index < -0.39 is 6.04 Å². The Morgan fingerprint density at radius 2 is 1.74 bits per heavy atom. The van der Waals surface area contributed by atoms with Gasteiger partial charge in [-0.3, -0.25) is 19.3 Å². The fourth-order valence-electron chi connectivity index (χ4n) is 4.24. The lowest BCUT2D eigenvalue weighted by molar-refractivity contribution is -0.121. The first-order valence-electron chi connectivity index (χ1n) is 11.1. The number of halogens is 1. The van der Waals surface area contributed by atoms with E-state index in [2.05, 4.69) is 38.7 Å². The van der Waals surface area contributed by atoms with Gasteiger partial charge in [0.1, 0.15) is 11.9 Å². The van der Waals surface area contributed by atoms with Gasteiger partial charge in [0.05, 0.1) is 17.8 Å². The number of amides is 1. The predicted molar refractivity (Wildman–Crippen MR) is 132 cm³/mol. The number of pyridine rings is 1. The lowest BCUT2D eigenvalue weighted by atomic mass is 9.96. The monoisotopic (exact) mass is 470 g/mol. The lowest BCUT2D eigenvalue weighted by Crippen LogP contribution is -2.25. The maximum absolute atomic E-state index is 12.6. The number of carbonyl (C=O) groups excluding carboxylic acids is 1. The number of nitrogens with one attached hydrogen (secondary N) is 1. The minimum Gasteiger partial charge on any atom is -0.356 e. The highest BCUT2D eigenvalue weighted by molar-refractivity contribution is 6.30. The largest absolute Gasteiger partial charge is 0.356 e. The quantitative estimate of drug-likeness (QED) is 0.457. The van der Waals surface area contributed by atoms with E-state index in [1.807, 2.05) is 54.8 Å². The van der Waals surface area contributed by atoms with Crippen LogP contribution in [0.3, 0.4) is 0 Å². The summed E-state index contributed by atoms with van der Waals surface area (Å²) in [5.41, 5.74) is 5.63. The molecule has 2 aromatic carbocycles. The van der Waals surface area contributed by atoms with E-state index in [9.17, 15) is 4.79 Å². The molecule has 1 aliphatic heterocycles. The Bertz CT molecular complexity index is 1380. The molecule has 34 heavy (non-hydrogen) atoms. The molecule has 170 valence electrons. The Kier molecular flexibility index (Phi) is 5.94. The van der Waals surface area contributed by atoms with Crippen molar-refractivity contribution in [2.24, 2.45) is 4.99 Å². The first-order valence-corrected chi connectivity index (χ1v) is 11.5. The Labute approximate surface area is 202 Å². The molecule has 0 saturated carbocycles. The number of hydrogen-bond acceptors (Lipinski definition) is 5. The number of fused-ring (bicyclic) bond motifs is 3. The van der Waals surface area contributed by atoms with Crippen molar-refractivity contribution in [3.63, 3.8) is 0 Å². The third kappa shape index (κ3) is 4.10. The van der Waals surface area contributed by atoms with Crippen molar-refractivity contribution < 1.29 is 4.79 Å². The van der Waals surface area contributed by atoms with Crippen LogP contribution < -0.4 is 5.32 Å². The van der Waals surface area contributed by atoms with Crippen molar-refractivity contribution in [2.45, 2.75) is 26.3 Å². The first kappa shape index (κ1) is 22.0. The van der Waals surface area contributed by atoms with Crippen molar-refractivity contribution in [1.29, 1.82) is 0 Å². The summed E-state index contributed by atoms with van der Waals surface area (Å²) in [4.78, 5) is 21.8. The summed E-state index contributed by atoms with van der Waals surface area (Å²) in [5, 5.41) is 12.3. The third-order valence-corrected chi connectivity index (χ3v) is 6.06. The maximum Gasteiger partial charge on any atom is 0.222 e. The van der Waals surface area contributed by atoms with Crippen LogP contribution in [-0.4, -0.2) is 37.9 Å². The zero-order valence-electron chi connectivity index (χ0n) is 18.9. The van der Waals surface area contributed by atoms with Gasteiger partial charge in [0.2, 0.25) is 5.91 Å². The minimum atomic E-state index is -0.491. The van der Waals surface area contributed by atoms with Crippen LogP contribution in [0, 0.1) is 6.92 Å². The van der Waals surface area contributed by atoms with E-state index in [-0.39, 0.29) is 12.3 Å². The molecule has 0 bridgehead atoms. The highest BCUT2D eigenvalue weighted by Gasteiger charge is 2.29. The van der Waals surface area contributed by atoms with Gasteiger partial charge in [-0.2, -0.15) is 0 Å². The highest BCUT2D eigenvalue weighted by Crippen LogP contribution is 2.35. The first-order chi connectivity index (χ1) is 16.5. The zero-order chi connectivity index (χ0) is 23.7. The topological polar surface area (TPSA) is 85.1 Å². The summed E-state index contributed by atoms with van der Waals surface area (Å²) in [6.07, 6.45) is 3.73. The van der Waals surface area contributed by atoms with Gasteiger partial charge in [-0.1, -0.05) is 29.8 Å². The molecular weight excluding hydrogens is 448 g/mol. The summed E-state index contributed by atoms with van der Waals surface area (Å²) in [6.45, 7) is 4.37. The van der Waals surface area contributed by atoms with E-state index in [1.165, 1.54) is 0 Å². The van der Waals surface area contributed by atoms with Crippen molar-refractivity contribution in [2.75, 3.05) is 6.54 Å². The Morgan fingerprint density at radius 1 is 1.00 bits per heavy atom. The molecule has 0 spiro atoms. The summed E-state index contributed by atoms with van der Waals surface area (Å²) in [5.74, 6) is 1.30. The molecular formula is C26H23ClN6O. The van der Waals surface area contributed by atoms with Crippen LogP contribution in [0.15, 0.2) is 72.0 Å². The Balaban J connectivity index is 1.75. The van der Waals surface area contributed by atoms with E-state index >= 15 is 0 Å². The Hall–Kier alpha value is -3.84. The summed E-state index contributed by atoms with van der Waals surface area (Å²) >= 11 is 6.18. The van der Waals surface area contributed by atoms with Crippen molar-refractivity contribution in [1.82, 2.24) is 25.1 Å². The number of carbonyl (C=O) groups is 1. The van der Waals surface area contributed by atoms with Gasteiger partial charge in [-0.25, -0.2) is 0 Å². The van der Waals surface area contributed by atoms with Gasteiger partial charge in [-0.15, -0.1) is 10.2 Å². The lowest BCUT2D eigenvalue weighted by Gasteiger charge is -2.14. The fraction of sp³-hybridized carbons (Fsp3) is 0.192. The number of hydrogen-bond donors (Lipinski definition) is 1. The van der Waals surface area contributed by atoms with Gasteiger partial charge >= 0.3 is 0 Å². The van der Waals surface area contributed by atoms with Crippen molar-refractivity contribution >= 4 is 23.2 Å². The predicted octanol–water partition coefficient (Wildman–Crippen LogP) is 4.71. The van der Waals surface area contributed by atoms with Crippen LogP contribution in [0.4, 0.5) is 0 Å². The fourth-order valence-corrected chi connectivity index (χ4v) is 4.37. The van der Waals surface area contributed by atoms with Crippen LogP contribution in [0.5, 0.6) is 0 Å². The van der Waals surface area contributed by atoms with E-state index in [0.717, 1.165) is 39.5 Å².